The third kappa shape index (κ3) is 6.77. The molecule has 0 atom stereocenters. The molecule has 1 amide bonds. The van der Waals surface area contributed by atoms with Crippen LogP contribution < -0.4 is 20.1 Å². The maximum Gasteiger partial charge on any atom is 0.241 e. The molecule has 156 valence electrons. The zero-order valence-electron chi connectivity index (χ0n) is 16.6. The number of aromatic nitrogens is 1. The van der Waals surface area contributed by atoms with Crippen LogP contribution in [0.1, 0.15) is 11.3 Å². The number of rotatable bonds is 7. The van der Waals surface area contributed by atoms with E-state index in [1.54, 1.807) is 25.2 Å². The maximum absolute atomic E-state index is 12.3. The van der Waals surface area contributed by atoms with E-state index in [0.29, 0.717) is 19.0 Å². The lowest BCUT2D eigenvalue weighted by Gasteiger charge is -2.18. The third-order valence-corrected chi connectivity index (χ3v) is 4.38. The van der Waals surface area contributed by atoms with Crippen molar-refractivity contribution in [3.8, 4) is 11.5 Å². The van der Waals surface area contributed by atoms with Gasteiger partial charge in [-0.25, -0.2) is 0 Å². The van der Waals surface area contributed by atoms with Crippen LogP contribution in [0.2, 0.25) is 0 Å². The number of pyridine rings is 1. The Bertz CT molecular complexity index is 832. The zero-order chi connectivity index (χ0) is 19.8. The zero-order valence-corrected chi connectivity index (χ0v) is 18.9. The van der Waals surface area contributed by atoms with Crippen molar-refractivity contribution < 1.29 is 14.3 Å². The molecule has 0 spiro atoms. The standard InChI is InChI=1S/C20H25N5O3.HI/c1-21-20(23-12-15-6-7-17-18(11-15)28-14-27-17)24-13-19(26)25(2)10-8-16-5-3-4-9-22-16;/h3-7,9,11H,8,10,12-14H2,1-2H3,(H2,21,23,24);1H. The second kappa shape index (κ2) is 11.4. The monoisotopic (exact) mass is 511 g/mol. The van der Waals surface area contributed by atoms with Gasteiger partial charge in [0.25, 0.3) is 0 Å². The highest BCUT2D eigenvalue weighted by atomic mass is 127. The number of carbonyl (C=O) groups excluding carboxylic acids is 1. The van der Waals surface area contributed by atoms with Gasteiger partial charge in [0, 0.05) is 45.5 Å². The molecule has 0 saturated heterocycles. The Balaban J connectivity index is 0.00000300. The van der Waals surface area contributed by atoms with Crippen LogP contribution >= 0.6 is 24.0 Å². The summed E-state index contributed by atoms with van der Waals surface area (Å²) in [6.45, 7) is 1.59. The van der Waals surface area contributed by atoms with Gasteiger partial charge >= 0.3 is 0 Å². The molecule has 1 aliphatic rings. The summed E-state index contributed by atoms with van der Waals surface area (Å²) in [5.41, 5.74) is 2.00. The summed E-state index contributed by atoms with van der Waals surface area (Å²) in [6, 6.07) is 11.6. The molecule has 2 heterocycles. The molecule has 2 aromatic rings. The number of carbonyl (C=O) groups is 1. The van der Waals surface area contributed by atoms with Crippen molar-refractivity contribution in [1.82, 2.24) is 20.5 Å². The number of benzene rings is 1. The van der Waals surface area contributed by atoms with Crippen molar-refractivity contribution in [2.45, 2.75) is 13.0 Å². The summed E-state index contributed by atoms with van der Waals surface area (Å²) in [4.78, 5) is 22.4. The van der Waals surface area contributed by atoms with Gasteiger partial charge in [0.1, 0.15) is 0 Å². The molecule has 9 heteroatoms. The van der Waals surface area contributed by atoms with Crippen LogP contribution in [-0.4, -0.2) is 55.7 Å². The Labute approximate surface area is 187 Å². The number of guanidine groups is 1. The Morgan fingerprint density at radius 1 is 1.21 bits per heavy atom. The molecule has 0 aliphatic carbocycles. The van der Waals surface area contributed by atoms with Crippen molar-refractivity contribution in [2.24, 2.45) is 4.99 Å². The molecule has 1 aromatic heterocycles. The lowest BCUT2D eigenvalue weighted by molar-refractivity contribution is -0.128. The molecule has 0 saturated carbocycles. The molecule has 29 heavy (non-hydrogen) atoms. The van der Waals surface area contributed by atoms with E-state index in [2.05, 4.69) is 20.6 Å². The summed E-state index contributed by atoms with van der Waals surface area (Å²) >= 11 is 0. The van der Waals surface area contributed by atoms with E-state index in [1.165, 1.54) is 0 Å². The molecular weight excluding hydrogens is 485 g/mol. The van der Waals surface area contributed by atoms with Gasteiger partial charge in [-0.3, -0.25) is 14.8 Å². The number of nitrogens with zero attached hydrogens (tertiary/aromatic N) is 3. The molecule has 1 aliphatic heterocycles. The first kappa shape index (κ1) is 22.7. The minimum absolute atomic E-state index is 0. The molecule has 0 fully saturated rings. The predicted molar refractivity (Wildman–Crippen MR) is 122 cm³/mol. The van der Waals surface area contributed by atoms with Gasteiger partial charge in [-0.1, -0.05) is 12.1 Å². The average Bonchev–Trinajstić information content (AvgIpc) is 3.20. The number of nitrogens with one attached hydrogen (secondary N) is 2. The van der Waals surface area contributed by atoms with E-state index in [1.807, 2.05) is 36.4 Å². The summed E-state index contributed by atoms with van der Waals surface area (Å²) in [6.07, 6.45) is 2.48. The Morgan fingerprint density at radius 2 is 2.03 bits per heavy atom. The molecule has 0 radical (unpaired) electrons. The first-order valence-corrected chi connectivity index (χ1v) is 9.12. The Morgan fingerprint density at radius 3 is 2.79 bits per heavy atom. The van der Waals surface area contributed by atoms with E-state index in [0.717, 1.165) is 29.2 Å². The fourth-order valence-corrected chi connectivity index (χ4v) is 2.70. The van der Waals surface area contributed by atoms with E-state index in [9.17, 15) is 4.79 Å². The van der Waals surface area contributed by atoms with Crippen LogP contribution in [0.4, 0.5) is 0 Å². The molecule has 2 N–H and O–H groups in total. The number of hydrogen-bond acceptors (Lipinski definition) is 5. The van der Waals surface area contributed by atoms with Crippen LogP contribution in [-0.2, 0) is 17.8 Å². The van der Waals surface area contributed by atoms with Crippen LogP contribution in [0.15, 0.2) is 47.6 Å². The first-order chi connectivity index (χ1) is 13.7. The van der Waals surface area contributed by atoms with Gasteiger partial charge < -0.3 is 25.0 Å². The summed E-state index contributed by atoms with van der Waals surface area (Å²) in [5, 5.41) is 6.24. The number of fused-ring (bicyclic) bond motifs is 1. The van der Waals surface area contributed by atoms with Gasteiger partial charge in [-0.15, -0.1) is 24.0 Å². The van der Waals surface area contributed by atoms with E-state index >= 15 is 0 Å². The second-order valence-corrected chi connectivity index (χ2v) is 6.35. The van der Waals surface area contributed by atoms with Gasteiger partial charge in [0.2, 0.25) is 12.7 Å². The molecular formula is C20H26IN5O3. The number of amides is 1. The van der Waals surface area contributed by atoms with Gasteiger partial charge in [0.05, 0.1) is 6.54 Å². The molecule has 0 unspecified atom stereocenters. The normalized spacial score (nSPS) is 12.1. The van der Waals surface area contributed by atoms with Crippen molar-refractivity contribution in [3.05, 3.63) is 53.9 Å². The average molecular weight is 511 g/mol. The second-order valence-electron chi connectivity index (χ2n) is 6.35. The summed E-state index contributed by atoms with van der Waals surface area (Å²) in [7, 11) is 3.46. The van der Waals surface area contributed by atoms with Crippen molar-refractivity contribution in [2.75, 3.05) is 34.0 Å². The van der Waals surface area contributed by atoms with E-state index < -0.39 is 0 Å². The number of halogens is 1. The van der Waals surface area contributed by atoms with Gasteiger partial charge in [-0.05, 0) is 29.8 Å². The summed E-state index contributed by atoms with van der Waals surface area (Å²) in [5.74, 6) is 2.05. The minimum atomic E-state index is -0.0121. The maximum atomic E-state index is 12.3. The third-order valence-electron chi connectivity index (χ3n) is 4.38. The Hall–Kier alpha value is -2.56. The van der Waals surface area contributed by atoms with Gasteiger partial charge in [0.15, 0.2) is 17.5 Å². The van der Waals surface area contributed by atoms with Crippen molar-refractivity contribution in [1.29, 1.82) is 0 Å². The number of ether oxygens (including phenoxy) is 2. The Kier molecular flexibility index (Phi) is 8.97. The van der Waals surface area contributed by atoms with Crippen LogP contribution in [0.25, 0.3) is 0 Å². The van der Waals surface area contributed by atoms with Gasteiger partial charge in [-0.2, -0.15) is 0 Å². The van der Waals surface area contributed by atoms with E-state index in [4.69, 9.17) is 9.47 Å². The largest absolute Gasteiger partial charge is 0.454 e. The first-order valence-electron chi connectivity index (χ1n) is 9.12. The summed E-state index contributed by atoms with van der Waals surface area (Å²) < 4.78 is 10.7. The molecule has 3 rings (SSSR count). The highest BCUT2D eigenvalue weighted by molar-refractivity contribution is 14.0. The van der Waals surface area contributed by atoms with Crippen molar-refractivity contribution in [3.63, 3.8) is 0 Å². The number of aliphatic imine (C=N–C) groups is 1. The molecule has 8 nitrogen and oxygen atoms in total. The number of likely N-dealkylation sites (N-methyl/N-ethyl adjacent to an activating group) is 1. The SMILES string of the molecule is CN=C(NCC(=O)N(C)CCc1ccccn1)NCc1ccc2c(c1)OCO2.I. The fourth-order valence-electron chi connectivity index (χ4n) is 2.70. The topological polar surface area (TPSA) is 88.1 Å². The minimum Gasteiger partial charge on any atom is -0.454 e. The quantitative estimate of drug-likeness (QED) is 0.335. The smallest absolute Gasteiger partial charge is 0.241 e. The lowest BCUT2D eigenvalue weighted by atomic mass is 10.2. The van der Waals surface area contributed by atoms with Crippen molar-refractivity contribution >= 4 is 35.8 Å². The van der Waals surface area contributed by atoms with Crippen LogP contribution in [0.5, 0.6) is 11.5 Å². The fraction of sp³-hybridized carbons (Fsp3) is 0.350. The van der Waals surface area contributed by atoms with Crippen LogP contribution in [0, 0.1) is 0 Å². The number of hydrogen-bond donors (Lipinski definition) is 2. The highest BCUT2D eigenvalue weighted by Gasteiger charge is 2.13. The van der Waals surface area contributed by atoms with E-state index in [-0.39, 0.29) is 43.2 Å². The molecule has 1 aromatic carbocycles. The molecule has 0 bridgehead atoms. The predicted octanol–water partition coefficient (Wildman–Crippen LogP) is 1.79. The van der Waals surface area contributed by atoms with Crippen LogP contribution in [0.3, 0.4) is 0 Å². The highest BCUT2D eigenvalue weighted by Crippen LogP contribution is 2.32. The lowest BCUT2D eigenvalue weighted by Crippen LogP contribution is -2.43.